The molecule has 1 spiro atoms. The minimum Gasteiger partial charge on any atom is -0.488 e. The van der Waals surface area contributed by atoms with Crippen molar-refractivity contribution in [2.75, 3.05) is 0 Å². The first-order valence-electron chi connectivity index (χ1n) is 20.6. The van der Waals surface area contributed by atoms with Crippen molar-refractivity contribution in [1.82, 2.24) is 0 Å². The van der Waals surface area contributed by atoms with E-state index >= 15 is 0 Å². The Morgan fingerprint density at radius 1 is 0.925 bits per heavy atom. The second kappa shape index (κ2) is 15.9. The summed E-state index contributed by atoms with van der Waals surface area (Å²) < 4.78 is 34.2. The van der Waals surface area contributed by atoms with Crippen LogP contribution in [0.2, 0.25) is 36.3 Å². The Morgan fingerprint density at radius 3 is 2.15 bits per heavy atom. The first-order chi connectivity index (χ1) is 24.7. The van der Waals surface area contributed by atoms with Crippen molar-refractivity contribution in [1.29, 1.82) is 0 Å². The van der Waals surface area contributed by atoms with Gasteiger partial charge in [0, 0.05) is 10.9 Å². The van der Waals surface area contributed by atoms with Crippen molar-refractivity contribution in [3.8, 4) is 5.75 Å². The molecule has 1 unspecified atom stereocenters. The zero-order chi connectivity index (χ0) is 39.1. The van der Waals surface area contributed by atoms with Gasteiger partial charge in [-0.05, 0) is 103 Å². The summed E-state index contributed by atoms with van der Waals surface area (Å²) in [6.07, 6.45) is 6.74. The standard InChI is InChI=1S/C45H72O6Si2/c1-15-20-34(32-25-38(46)45(39(16-2)50-45)40(26-32)51-53(13,14)44(8,9)10)36-28-48-42-35(36)24-33(23-30(3)4)41(47-27-31-21-18-17-19-22-31)37(42)29-49-52(11,12)43(5,6)7/h17-19,21-22,24,28,30,32,34,38-40,46H,15-16,20,23,25-27,29H2,1-14H3/t32-,34-,38-,39?,40-,45-/m1/s1. The highest BCUT2D eigenvalue weighted by Crippen LogP contribution is 2.57. The van der Waals surface area contributed by atoms with Crippen LogP contribution in [0.1, 0.15) is 130 Å². The number of epoxide rings is 1. The molecule has 2 aliphatic rings. The molecule has 1 aliphatic carbocycles. The van der Waals surface area contributed by atoms with E-state index in [1.54, 1.807) is 0 Å². The third-order valence-electron chi connectivity index (χ3n) is 13.3. The van der Waals surface area contributed by atoms with Crippen LogP contribution < -0.4 is 4.74 Å². The Bertz CT molecular complexity index is 1670. The van der Waals surface area contributed by atoms with Gasteiger partial charge < -0.3 is 27.8 Å². The van der Waals surface area contributed by atoms with Gasteiger partial charge in [0.2, 0.25) is 0 Å². The summed E-state index contributed by atoms with van der Waals surface area (Å²) in [4.78, 5) is 0. The van der Waals surface area contributed by atoms with Gasteiger partial charge in [-0.15, -0.1) is 0 Å². The highest BCUT2D eigenvalue weighted by molar-refractivity contribution is 6.74. The largest absolute Gasteiger partial charge is 0.488 e. The van der Waals surface area contributed by atoms with Crippen LogP contribution in [0.3, 0.4) is 0 Å². The predicted molar refractivity (Wildman–Crippen MR) is 224 cm³/mol. The third kappa shape index (κ3) is 8.73. The number of furan rings is 1. The third-order valence-corrected chi connectivity index (χ3v) is 22.3. The second-order valence-corrected chi connectivity index (χ2v) is 29.3. The normalized spacial score (nSPS) is 24.7. The van der Waals surface area contributed by atoms with Crippen LogP contribution in [-0.4, -0.2) is 45.7 Å². The first kappa shape index (κ1) is 42.2. The molecule has 1 aromatic heterocycles. The SMILES string of the molecule is CCC[C@@H](c1coc2c(CO[Si](C)(C)C(C)(C)C)c(OCc3ccccc3)c(CC(C)C)cc12)[C@@H]1C[C@@H](O)[C@]2(OC2CC)[C@H](O[Si](C)(C)C(C)(C)C)C1. The van der Waals surface area contributed by atoms with Crippen molar-refractivity contribution in [2.24, 2.45) is 11.8 Å². The summed E-state index contributed by atoms with van der Waals surface area (Å²) in [5.74, 6) is 1.76. The zero-order valence-electron chi connectivity index (χ0n) is 35.7. The number of ether oxygens (including phenoxy) is 2. The van der Waals surface area contributed by atoms with Gasteiger partial charge in [-0.2, -0.15) is 0 Å². The van der Waals surface area contributed by atoms with Crippen LogP contribution in [-0.2, 0) is 33.2 Å². The fourth-order valence-corrected chi connectivity index (χ4v) is 10.4. The summed E-state index contributed by atoms with van der Waals surface area (Å²) in [5, 5.41) is 13.3. The molecule has 5 rings (SSSR count). The molecule has 1 aliphatic heterocycles. The minimum absolute atomic E-state index is 0.0453. The maximum atomic E-state index is 12.0. The molecule has 2 fully saturated rings. The van der Waals surface area contributed by atoms with E-state index in [4.69, 9.17) is 22.7 Å². The van der Waals surface area contributed by atoms with E-state index in [9.17, 15) is 5.11 Å². The summed E-state index contributed by atoms with van der Waals surface area (Å²) in [5.41, 5.74) is 4.86. The van der Waals surface area contributed by atoms with Crippen LogP contribution >= 0.6 is 0 Å². The minimum atomic E-state index is -2.15. The van der Waals surface area contributed by atoms with Gasteiger partial charge in [-0.3, -0.25) is 0 Å². The maximum Gasteiger partial charge on any atom is 0.192 e. The van der Waals surface area contributed by atoms with Gasteiger partial charge in [0.15, 0.2) is 16.6 Å². The monoisotopic (exact) mass is 764 g/mol. The lowest BCUT2D eigenvalue weighted by molar-refractivity contribution is -0.0632. The average Bonchev–Trinajstić information content (AvgIpc) is 3.66. The highest BCUT2D eigenvalue weighted by Gasteiger charge is 2.68. The summed E-state index contributed by atoms with van der Waals surface area (Å²) in [6.45, 7) is 32.9. The lowest BCUT2D eigenvalue weighted by atomic mass is 9.68. The number of benzene rings is 2. The maximum absolute atomic E-state index is 12.0. The van der Waals surface area contributed by atoms with E-state index in [0.29, 0.717) is 25.6 Å². The second-order valence-electron chi connectivity index (χ2n) is 19.7. The molecule has 3 aromatic rings. The van der Waals surface area contributed by atoms with Gasteiger partial charge in [-0.1, -0.05) is 106 Å². The molecule has 53 heavy (non-hydrogen) atoms. The summed E-state index contributed by atoms with van der Waals surface area (Å²) in [7, 11) is -4.25. The van der Waals surface area contributed by atoms with Gasteiger partial charge in [-0.25, -0.2) is 0 Å². The number of fused-ring (bicyclic) bond motifs is 1. The van der Waals surface area contributed by atoms with Gasteiger partial charge >= 0.3 is 0 Å². The van der Waals surface area contributed by atoms with Gasteiger partial charge in [0.05, 0.1) is 36.7 Å². The van der Waals surface area contributed by atoms with Crippen LogP contribution in [0.5, 0.6) is 5.75 Å². The molecular weight excluding hydrogens is 693 g/mol. The Hall–Kier alpha value is -1.95. The molecule has 0 amide bonds. The number of aliphatic hydroxyl groups excluding tert-OH is 1. The van der Waals surface area contributed by atoms with Crippen molar-refractivity contribution in [3.63, 3.8) is 0 Å². The Balaban J connectivity index is 1.61. The average molecular weight is 765 g/mol. The number of aliphatic hydroxyl groups is 1. The summed E-state index contributed by atoms with van der Waals surface area (Å²) >= 11 is 0. The van der Waals surface area contributed by atoms with Crippen LogP contribution in [0.4, 0.5) is 0 Å². The smallest absolute Gasteiger partial charge is 0.192 e. The fourth-order valence-electron chi connectivity index (χ4n) is 8.08. The molecule has 296 valence electrons. The molecule has 0 radical (unpaired) electrons. The van der Waals surface area contributed by atoms with Crippen molar-refractivity contribution in [2.45, 2.75) is 187 Å². The molecule has 1 saturated heterocycles. The molecule has 2 heterocycles. The van der Waals surface area contributed by atoms with Gasteiger partial charge in [0.25, 0.3) is 0 Å². The lowest BCUT2D eigenvalue weighted by Crippen LogP contribution is -2.56. The molecule has 2 aromatic carbocycles. The topological polar surface area (TPSA) is 73.6 Å². The van der Waals surface area contributed by atoms with Crippen molar-refractivity contribution >= 4 is 27.6 Å². The molecular formula is C45H72O6Si2. The Kier molecular flexibility index (Phi) is 12.7. The molecule has 6 atom stereocenters. The predicted octanol–water partition coefficient (Wildman–Crippen LogP) is 12.3. The van der Waals surface area contributed by atoms with Gasteiger partial charge in [0.1, 0.15) is 23.5 Å². The number of rotatable bonds is 15. The number of hydrogen-bond donors (Lipinski definition) is 1. The molecule has 1 N–H and O–H groups in total. The van der Waals surface area contributed by atoms with E-state index in [-0.39, 0.29) is 34.1 Å². The van der Waals surface area contributed by atoms with E-state index in [2.05, 4.69) is 126 Å². The molecule has 6 nitrogen and oxygen atoms in total. The number of hydrogen-bond acceptors (Lipinski definition) is 6. The fraction of sp³-hybridized carbons (Fsp3) is 0.689. The first-order valence-corrected chi connectivity index (χ1v) is 26.4. The Morgan fingerprint density at radius 2 is 1.58 bits per heavy atom. The molecule has 1 saturated carbocycles. The highest BCUT2D eigenvalue weighted by atomic mass is 28.4. The molecule has 0 bridgehead atoms. The van der Waals surface area contributed by atoms with E-state index in [1.807, 2.05) is 12.3 Å². The quantitative estimate of drug-likeness (QED) is 0.123. The lowest BCUT2D eigenvalue weighted by Gasteiger charge is -2.47. The summed E-state index contributed by atoms with van der Waals surface area (Å²) in [6, 6.07) is 12.8. The van der Waals surface area contributed by atoms with E-state index in [0.717, 1.165) is 59.9 Å². The van der Waals surface area contributed by atoms with Crippen molar-refractivity contribution < 1.29 is 27.8 Å². The van der Waals surface area contributed by atoms with Crippen LogP contribution in [0.15, 0.2) is 47.1 Å². The van der Waals surface area contributed by atoms with E-state index in [1.165, 1.54) is 11.1 Å². The zero-order valence-corrected chi connectivity index (χ0v) is 37.7. The van der Waals surface area contributed by atoms with Crippen molar-refractivity contribution in [3.05, 3.63) is 64.9 Å². The van der Waals surface area contributed by atoms with Crippen LogP contribution in [0, 0.1) is 11.8 Å². The van der Waals surface area contributed by atoms with Crippen LogP contribution in [0.25, 0.3) is 11.0 Å². The molecule has 8 heteroatoms. The van der Waals surface area contributed by atoms with E-state index < -0.39 is 28.3 Å². The Labute approximate surface area is 324 Å².